The second-order valence-corrected chi connectivity index (χ2v) is 9.08. The van der Waals surface area contributed by atoms with Crippen molar-refractivity contribution in [1.29, 1.82) is 0 Å². The van der Waals surface area contributed by atoms with Crippen LogP contribution in [-0.4, -0.2) is 42.2 Å². The Balaban J connectivity index is 1.07. The van der Waals surface area contributed by atoms with E-state index in [1.165, 1.54) is 5.56 Å². The highest BCUT2D eigenvalue weighted by Gasteiger charge is 2.18. The van der Waals surface area contributed by atoms with E-state index in [4.69, 9.17) is 9.15 Å². The molecule has 2 aromatic carbocycles. The molecule has 0 radical (unpaired) electrons. The summed E-state index contributed by atoms with van der Waals surface area (Å²) in [4.78, 5) is 19.1. The number of nitrogens with zero attached hydrogens (tertiary/aromatic N) is 2. The molecule has 0 bridgehead atoms. The second-order valence-electron chi connectivity index (χ2n) is 9.08. The minimum Gasteiger partial charge on any atom is -0.486 e. The van der Waals surface area contributed by atoms with E-state index < -0.39 is 5.63 Å². The summed E-state index contributed by atoms with van der Waals surface area (Å²) >= 11 is 0. The summed E-state index contributed by atoms with van der Waals surface area (Å²) in [6, 6.07) is 22.6. The van der Waals surface area contributed by atoms with Crippen LogP contribution in [0.5, 0.6) is 5.75 Å². The number of ether oxygens (including phenoxy) is 1. The lowest BCUT2D eigenvalue weighted by atomic mass is 10.0. The van der Waals surface area contributed by atoms with Gasteiger partial charge in [-0.3, -0.25) is 4.98 Å². The highest BCUT2D eigenvalue weighted by Crippen LogP contribution is 2.25. The van der Waals surface area contributed by atoms with Crippen molar-refractivity contribution in [2.75, 3.05) is 26.2 Å². The van der Waals surface area contributed by atoms with Gasteiger partial charge >= 0.3 is 5.63 Å². The number of benzene rings is 2. The zero-order valence-corrected chi connectivity index (χ0v) is 19.9. The Morgan fingerprint density at radius 1 is 1.00 bits per heavy atom. The summed E-state index contributed by atoms with van der Waals surface area (Å²) in [6.07, 6.45) is 6.71. The SMILES string of the molecule is O=c1oc2cc(-c3cccnc3)ccc2cc1OCCCN1CCC(NCc2ccccc2)CC1. The van der Waals surface area contributed by atoms with E-state index in [0.29, 0.717) is 18.2 Å². The highest BCUT2D eigenvalue weighted by atomic mass is 16.5. The Hall–Kier alpha value is -3.48. The minimum absolute atomic E-state index is 0.274. The Morgan fingerprint density at radius 3 is 2.66 bits per heavy atom. The molecule has 6 nitrogen and oxygen atoms in total. The molecule has 0 spiro atoms. The number of hydrogen-bond donors (Lipinski definition) is 1. The van der Waals surface area contributed by atoms with E-state index in [-0.39, 0.29) is 5.75 Å². The van der Waals surface area contributed by atoms with E-state index >= 15 is 0 Å². The van der Waals surface area contributed by atoms with Crippen molar-refractivity contribution in [1.82, 2.24) is 15.2 Å². The number of pyridine rings is 1. The molecule has 0 atom stereocenters. The molecule has 35 heavy (non-hydrogen) atoms. The van der Waals surface area contributed by atoms with E-state index in [2.05, 4.69) is 45.5 Å². The monoisotopic (exact) mass is 469 g/mol. The molecule has 1 aliphatic rings. The van der Waals surface area contributed by atoms with Crippen LogP contribution in [0.3, 0.4) is 0 Å². The first-order valence-corrected chi connectivity index (χ1v) is 12.4. The van der Waals surface area contributed by atoms with Gasteiger partial charge in [-0.1, -0.05) is 48.5 Å². The second kappa shape index (κ2) is 11.3. The zero-order valence-electron chi connectivity index (χ0n) is 19.9. The van der Waals surface area contributed by atoms with Crippen LogP contribution < -0.4 is 15.7 Å². The molecular formula is C29H31N3O3. The van der Waals surface area contributed by atoms with Crippen molar-refractivity contribution in [2.24, 2.45) is 0 Å². The summed E-state index contributed by atoms with van der Waals surface area (Å²) in [5.74, 6) is 0.274. The summed E-state index contributed by atoms with van der Waals surface area (Å²) in [7, 11) is 0. The standard InChI is InChI=1S/C29H31N3O3/c33-29-28(19-24-10-9-23(18-27(24)35-29)25-8-4-13-30-21-25)34-17-5-14-32-15-11-26(12-16-32)31-20-22-6-2-1-3-7-22/h1-4,6-10,13,18-19,21,26,31H,5,11-12,14-17,20H2. The van der Waals surface area contributed by atoms with Gasteiger partial charge in [0.1, 0.15) is 5.58 Å². The van der Waals surface area contributed by atoms with Crippen LogP contribution in [0.25, 0.3) is 22.1 Å². The predicted octanol–water partition coefficient (Wildman–Crippen LogP) is 4.88. The molecule has 1 N–H and O–H groups in total. The molecule has 1 fully saturated rings. The number of nitrogens with one attached hydrogen (secondary N) is 1. The van der Waals surface area contributed by atoms with Crippen molar-refractivity contribution in [2.45, 2.75) is 31.8 Å². The number of piperidine rings is 1. The van der Waals surface area contributed by atoms with E-state index in [9.17, 15) is 4.79 Å². The summed E-state index contributed by atoms with van der Waals surface area (Å²) in [6.45, 7) is 4.57. The van der Waals surface area contributed by atoms with Crippen molar-refractivity contribution in [3.05, 3.63) is 95.1 Å². The number of rotatable bonds is 9. The molecule has 6 heteroatoms. The van der Waals surface area contributed by atoms with Gasteiger partial charge in [-0.2, -0.15) is 0 Å². The van der Waals surface area contributed by atoms with Gasteiger partial charge in [0.05, 0.1) is 6.61 Å². The molecule has 0 amide bonds. The Bertz CT molecular complexity index is 1280. The molecule has 180 valence electrons. The number of likely N-dealkylation sites (tertiary alicyclic amines) is 1. The van der Waals surface area contributed by atoms with Gasteiger partial charge in [-0.25, -0.2) is 4.79 Å². The lowest BCUT2D eigenvalue weighted by Crippen LogP contribution is -2.42. The first-order valence-electron chi connectivity index (χ1n) is 12.4. The molecule has 5 rings (SSSR count). The molecule has 3 heterocycles. The average molecular weight is 470 g/mol. The number of hydrogen-bond acceptors (Lipinski definition) is 6. The molecule has 2 aromatic heterocycles. The fraction of sp³-hybridized carbons (Fsp3) is 0.310. The van der Waals surface area contributed by atoms with Crippen LogP contribution in [0.2, 0.25) is 0 Å². The number of aromatic nitrogens is 1. The molecule has 4 aromatic rings. The van der Waals surface area contributed by atoms with Gasteiger partial charge in [0, 0.05) is 42.5 Å². The molecule has 1 saturated heterocycles. The van der Waals surface area contributed by atoms with Gasteiger partial charge in [-0.15, -0.1) is 0 Å². The third-order valence-corrected chi connectivity index (χ3v) is 6.60. The maximum absolute atomic E-state index is 12.5. The van der Waals surface area contributed by atoms with E-state index in [1.54, 1.807) is 18.5 Å². The average Bonchev–Trinajstić information content (AvgIpc) is 2.91. The smallest absolute Gasteiger partial charge is 0.379 e. The Morgan fingerprint density at radius 2 is 1.86 bits per heavy atom. The van der Waals surface area contributed by atoms with Crippen LogP contribution in [0.4, 0.5) is 0 Å². The van der Waals surface area contributed by atoms with E-state index in [0.717, 1.165) is 62.0 Å². The largest absolute Gasteiger partial charge is 0.486 e. The van der Waals surface area contributed by atoms with Crippen molar-refractivity contribution >= 4 is 11.0 Å². The van der Waals surface area contributed by atoms with E-state index in [1.807, 2.05) is 30.3 Å². The first kappa shape index (κ1) is 23.3. The molecular weight excluding hydrogens is 438 g/mol. The van der Waals surface area contributed by atoms with Crippen molar-refractivity contribution < 1.29 is 9.15 Å². The normalized spacial score (nSPS) is 14.9. The van der Waals surface area contributed by atoms with Gasteiger partial charge in [-0.05, 0) is 61.7 Å². The lowest BCUT2D eigenvalue weighted by Gasteiger charge is -2.32. The van der Waals surface area contributed by atoms with Crippen LogP contribution in [0.1, 0.15) is 24.8 Å². The van der Waals surface area contributed by atoms with Crippen LogP contribution in [0, 0.1) is 0 Å². The molecule has 0 saturated carbocycles. The summed E-state index contributed by atoms with van der Waals surface area (Å²) in [5, 5.41) is 4.53. The fourth-order valence-corrected chi connectivity index (χ4v) is 4.60. The van der Waals surface area contributed by atoms with Gasteiger partial charge in [0.15, 0.2) is 0 Å². The zero-order chi connectivity index (χ0) is 23.9. The van der Waals surface area contributed by atoms with Gasteiger partial charge in [0.2, 0.25) is 5.75 Å². The maximum atomic E-state index is 12.5. The molecule has 0 aliphatic carbocycles. The Labute approximate surface area is 205 Å². The van der Waals surface area contributed by atoms with Crippen LogP contribution in [-0.2, 0) is 6.54 Å². The van der Waals surface area contributed by atoms with Crippen molar-refractivity contribution in [3.8, 4) is 16.9 Å². The van der Waals surface area contributed by atoms with Crippen molar-refractivity contribution in [3.63, 3.8) is 0 Å². The third kappa shape index (κ3) is 6.15. The lowest BCUT2D eigenvalue weighted by molar-refractivity contribution is 0.180. The molecule has 1 aliphatic heterocycles. The summed E-state index contributed by atoms with van der Waals surface area (Å²) < 4.78 is 11.4. The first-order chi connectivity index (χ1) is 17.2. The topological polar surface area (TPSA) is 67.6 Å². The Kier molecular flexibility index (Phi) is 7.51. The van der Waals surface area contributed by atoms with Crippen LogP contribution in [0.15, 0.2) is 88.3 Å². The fourth-order valence-electron chi connectivity index (χ4n) is 4.60. The predicted molar refractivity (Wildman–Crippen MR) is 139 cm³/mol. The third-order valence-electron chi connectivity index (χ3n) is 6.60. The maximum Gasteiger partial charge on any atom is 0.379 e. The van der Waals surface area contributed by atoms with Gasteiger partial charge < -0.3 is 19.4 Å². The quantitative estimate of drug-likeness (QED) is 0.278. The minimum atomic E-state index is -0.439. The van der Waals surface area contributed by atoms with Crippen LogP contribution >= 0.6 is 0 Å². The van der Waals surface area contributed by atoms with Gasteiger partial charge in [0.25, 0.3) is 0 Å². The summed E-state index contributed by atoms with van der Waals surface area (Å²) in [5.41, 5.74) is 3.38. The number of fused-ring (bicyclic) bond motifs is 1. The molecule has 0 unspecified atom stereocenters. The highest BCUT2D eigenvalue weighted by molar-refractivity contribution is 5.83.